The van der Waals surface area contributed by atoms with Gasteiger partial charge in [0.15, 0.2) is 0 Å². The zero-order valence-electron chi connectivity index (χ0n) is 20.3. The van der Waals surface area contributed by atoms with Crippen LogP contribution in [0, 0.1) is 5.41 Å². The minimum Gasteiger partial charge on any atom is -0.404 e. The molecule has 2 aromatic rings. The maximum absolute atomic E-state index is 11.1. The molecule has 0 radical (unpaired) electrons. The van der Waals surface area contributed by atoms with Gasteiger partial charge in [-0.25, -0.2) is 0 Å². The van der Waals surface area contributed by atoms with Gasteiger partial charge in [0.05, 0.1) is 11.7 Å². The average Bonchev–Trinajstić information content (AvgIpc) is 2.78. The highest BCUT2D eigenvalue weighted by atomic mass is 28.4. The van der Waals surface area contributed by atoms with E-state index >= 15 is 0 Å². The lowest BCUT2D eigenvalue weighted by Gasteiger charge is -2.53. The van der Waals surface area contributed by atoms with Crippen LogP contribution in [0.1, 0.15) is 59.8 Å². The number of allylic oxidation sites excluding steroid dienone is 1. The normalized spacial score (nSPS) is 26.5. The van der Waals surface area contributed by atoms with Gasteiger partial charge in [-0.15, -0.1) is 13.2 Å². The lowest BCUT2D eigenvalue weighted by molar-refractivity contribution is -0.0773. The van der Waals surface area contributed by atoms with Crippen LogP contribution in [0.5, 0.6) is 0 Å². The summed E-state index contributed by atoms with van der Waals surface area (Å²) in [6.45, 7) is 17.1. The second-order valence-corrected chi connectivity index (χ2v) is 15.0. The van der Waals surface area contributed by atoms with Gasteiger partial charge in [-0.1, -0.05) is 101 Å². The number of hydrogen-bond acceptors (Lipinski definition) is 2. The molecule has 1 saturated carbocycles. The molecule has 3 atom stereocenters. The van der Waals surface area contributed by atoms with Crippen molar-refractivity contribution in [2.45, 2.75) is 76.5 Å². The van der Waals surface area contributed by atoms with E-state index in [2.05, 4.69) is 102 Å². The van der Waals surface area contributed by atoms with Gasteiger partial charge in [-0.2, -0.15) is 0 Å². The average molecular weight is 449 g/mol. The third-order valence-corrected chi connectivity index (χ3v) is 12.4. The Balaban J connectivity index is 2.15. The third kappa shape index (κ3) is 4.71. The Morgan fingerprint density at radius 2 is 1.56 bits per heavy atom. The van der Waals surface area contributed by atoms with Gasteiger partial charge in [0.2, 0.25) is 0 Å². The van der Waals surface area contributed by atoms with Gasteiger partial charge in [0.25, 0.3) is 8.32 Å². The largest absolute Gasteiger partial charge is 0.404 e. The van der Waals surface area contributed by atoms with E-state index in [0.717, 1.165) is 19.3 Å². The van der Waals surface area contributed by atoms with Crippen LogP contribution in [0.25, 0.3) is 0 Å². The summed E-state index contributed by atoms with van der Waals surface area (Å²) in [6.07, 6.45) is 7.78. The number of benzene rings is 2. The van der Waals surface area contributed by atoms with Crippen molar-refractivity contribution in [1.29, 1.82) is 0 Å². The number of hydrogen-bond donors (Lipinski definition) is 1. The fraction of sp³-hybridized carbons (Fsp3) is 0.448. The lowest BCUT2D eigenvalue weighted by atomic mass is 9.65. The summed E-state index contributed by atoms with van der Waals surface area (Å²) in [5, 5.41) is 13.7. The first-order valence-corrected chi connectivity index (χ1v) is 13.8. The highest BCUT2D eigenvalue weighted by Gasteiger charge is 2.55. The van der Waals surface area contributed by atoms with E-state index in [1.165, 1.54) is 10.4 Å². The fourth-order valence-electron chi connectivity index (χ4n) is 5.59. The zero-order chi connectivity index (χ0) is 23.5. The van der Waals surface area contributed by atoms with E-state index in [4.69, 9.17) is 4.43 Å². The molecule has 0 aliphatic heterocycles. The summed E-state index contributed by atoms with van der Waals surface area (Å²) in [7, 11) is -2.65. The van der Waals surface area contributed by atoms with E-state index in [-0.39, 0.29) is 16.6 Å². The highest BCUT2D eigenvalue weighted by molar-refractivity contribution is 6.99. The molecular weight excluding hydrogens is 408 g/mol. The molecule has 3 heteroatoms. The SMILES string of the molecule is C=CCC[C@]1(C)C[C@](O)(C=C)CC[C@H]1O[Si](c1ccccc1)(c1ccccc1)C(C)(C)C. The first-order chi connectivity index (χ1) is 15.1. The van der Waals surface area contributed by atoms with Gasteiger partial charge in [-0.3, -0.25) is 0 Å². The summed E-state index contributed by atoms with van der Waals surface area (Å²) in [5.41, 5.74) is -0.996. The molecule has 2 aromatic carbocycles. The molecule has 0 spiro atoms. The van der Waals surface area contributed by atoms with E-state index in [0.29, 0.717) is 12.8 Å². The quantitative estimate of drug-likeness (QED) is 0.396. The molecule has 1 aliphatic carbocycles. The minimum absolute atomic E-state index is 0.0500. The molecule has 0 bridgehead atoms. The van der Waals surface area contributed by atoms with Gasteiger partial charge < -0.3 is 9.53 Å². The standard InChI is InChI=1S/C29H40O2Si/c1-7-9-21-28(6)23-29(30,8-2)22-20-26(28)31-32(27(3,4)5,24-16-12-10-13-17-24)25-18-14-11-15-19-25/h7-8,10-19,26,30H,1-2,9,20-23H2,3-6H3/t26-,28-,29+/m1/s1. The van der Waals surface area contributed by atoms with Crippen molar-refractivity contribution in [3.05, 3.63) is 86.0 Å². The van der Waals surface area contributed by atoms with Crippen molar-refractivity contribution in [3.63, 3.8) is 0 Å². The molecule has 2 nitrogen and oxygen atoms in total. The first-order valence-electron chi connectivity index (χ1n) is 11.9. The van der Waals surface area contributed by atoms with Gasteiger partial charge in [0, 0.05) is 0 Å². The molecule has 0 unspecified atom stereocenters. The molecule has 1 fully saturated rings. The maximum atomic E-state index is 11.1. The number of aliphatic hydroxyl groups is 1. The highest BCUT2D eigenvalue weighted by Crippen LogP contribution is 2.49. The summed E-state index contributed by atoms with van der Waals surface area (Å²) in [4.78, 5) is 0. The monoisotopic (exact) mass is 448 g/mol. The van der Waals surface area contributed by atoms with Crippen LogP contribution in [0.2, 0.25) is 5.04 Å². The molecule has 172 valence electrons. The second kappa shape index (κ2) is 9.50. The maximum Gasteiger partial charge on any atom is 0.261 e. The Labute approximate surface area is 196 Å². The Bertz CT molecular complexity index is 862. The second-order valence-electron chi connectivity index (χ2n) is 10.8. The van der Waals surface area contributed by atoms with Crippen LogP contribution in [-0.4, -0.2) is 25.1 Å². The molecule has 1 N–H and O–H groups in total. The van der Waals surface area contributed by atoms with Crippen molar-refractivity contribution in [2.75, 3.05) is 0 Å². The summed E-state index contributed by atoms with van der Waals surface area (Å²) in [5.74, 6) is 0. The van der Waals surface area contributed by atoms with Gasteiger partial charge >= 0.3 is 0 Å². The van der Waals surface area contributed by atoms with E-state index in [1.807, 2.05) is 6.08 Å². The van der Waals surface area contributed by atoms with Crippen LogP contribution in [0.3, 0.4) is 0 Å². The van der Waals surface area contributed by atoms with Gasteiger partial charge in [0.1, 0.15) is 0 Å². The molecule has 0 heterocycles. The van der Waals surface area contributed by atoms with Crippen LogP contribution in [0.4, 0.5) is 0 Å². The Hall–Kier alpha value is -1.94. The molecular formula is C29H40O2Si. The molecule has 0 amide bonds. The van der Waals surface area contributed by atoms with Crippen LogP contribution >= 0.6 is 0 Å². The van der Waals surface area contributed by atoms with Crippen molar-refractivity contribution in [2.24, 2.45) is 5.41 Å². The van der Waals surface area contributed by atoms with Crippen LogP contribution < -0.4 is 10.4 Å². The van der Waals surface area contributed by atoms with Crippen LogP contribution in [0.15, 0.2) is 86.0 Å². The fourth-order valence-corrected chi connectivity index (χ4v) is 10.4. The Morgan fingerprint density at radius 3 is 2.00 bits per heavy atom. The van der Waals surface area contributed by atoms with Crippen LogP contribution in [-0.2, 0) is 4.43 Å². The first kappa shape index (κ1) is 24.7. The van der Waals surface area contributed by atoms with Crippen molar-refractivity contribution >= 4 is 18.7 Å². The Morgan fingerprint density at radius 1 is 1.03 bits per heavy atom. The smallest absolute Gasteiger partial charge is 0.261 e. The predicted molar refractivity (Wildman–Crippen MR) is 139 cm³/mol. The minimum atomic E-state index is -2.65. The number of rotatable bonds is 8. The van der Waals surface area contributed by atoms with Gasteiger partial charge in [-0.05, 0) is 52.9 Å². The molecule has 32 heavy (non-hydrogen) atoms. The summed E-state index contributed by atoms with van der Waals surface area (Å²) < 4.78 is 7.53. The molecule has 0 saturated heterocycles. The van der Waals surface area contributed by atoms with Crippen molar-refractivity contribution in [1.82, 2.24) is 0 Å². The third-order valence-electron chi connectivity index (χ3n) is 7.36. The summed E-state index contributed by atoms with van der Waals surface area (Å²) >= 11 is 0. The molecule has 0 aromatic heterocycles. The lowest BCUT2D eigenvalue weighted by Crippen LogP contribution is -2.69. The zero-order valence-corrected chi connectivity index (χ0v) is 21.3. The Kier molecular flexibility index (Phi) is 7.33. The predicted octanol–water partition coefficient (Wildman–Crippen LogP) is 6.01. The molecule has 1 aliphatic rings. The topological polar surface area (TPSA) is 29.5 Å². The van der Waals surface area contributed by atoms with Crippen molar-refractivity contribution in [3.8, 4) is 0 Å². The van der Waals surface area contributed by atoms with E-state index < -0.39 is 13.9 Å². The van der Waals surface area contributed by atoms with E-state index in [1.54, 1.807) is 6.08 Å². The summed E-state index contributed by atoms with van der Waals surface area (Å²) in [6, 6.07) is 21.6. The molecule has 3 rings (SSSR count). The van der Waals surface area contributed by atoms with Crippen molar-refractivity contribution < 1.29 is 9.53 Å². The van der Waals surface area contributed by atoms with E-state index in [9.17, 15) is 5.11 Å².